The highest BCUT2D eigenvalue weighted by atomic mass is 35.5. The van der Waals surface area contributed by atoms with Crippen LogP contribution in [0.1, 0.15) is 19.8 Å². The molecule has 13 heavy (non-hydrogen) atoms. The van der Waals surface area contributed by atoms with Gasteiger partial charge in [0.25, 0.3) is 0 Å². The second-order valence-corrected chi connectivity index (χ2v) is 2.80. The molecular formula is C9H16ClNO2. The van der Waals surface area contributed by atoms with Gasteiger partial charge in [-0.2, -0.15) is 0 Å². The Labute approximate surface area is 84.1 Å². The van der Waals surface area contributed by atoms with E-state index in [1.54, 1.807) is 12.2 Å². The molecule has 0 radical (unpaired) electrons. The van der Waals surface area contributed by atoms with Gasteiger partial charge in [0.05, 0.1) is 6.61 Å². The first-order valence-corrected chi connectivity index (χ1v) is 4.96. The Balaban J connectivity index is 3.25. The minimum Gasteiger partial charge on any atom is -0.450 e. The molecule has 3 nitrogen and oxygen atoms in total. The smallest absolute Gasteiger partial charge is 0.407 e. The molecule has 0 rings (SSSR count). The molecule has 0 aliphatic carbocycles. The topological polar surface area (TPSA) is 38.3 Å². The number of alkyl halides is 1. The second-order valence-electron chi connectivity index (χ2n) is 2.50. The third-order valence-corrected chi connectivity index (χ3v) is 1.53. The Morgan fingerprint density at radius 2 is 2.31 bits per heavy atom. The fraction of sp³-hybridized carbons (Fsp3) is 0.667. The van der Waals surface area contributed by atoms with E-state index in [2.05, 4.69) is 5.32 Å². The maximum absolute atomic E-state index is 10.9. The average Bonchev–Trinajstić information content (AvgIpc) is 2.13. The number of alkyl carbamates (subject to hydrolysis) is 1. The molecule has 4 heteroatoms. The number of hydrogen-bond acceptors (Lipinski definition) is 2. The maximum atomic E-state index is 10.9. The Kier molecular flexibility index (Phi) is 8.88. The van der Waals surface area contributed by atoms with Crippen molar-refractivity contribution in [3.63, 3.8) is 0 Å². The molecule has 0 saturated carbocycles. The summed E-state index contributed by atoms with van der Waals surface area (Å²) >= 11 is 5.39. The van der Waals surface area contributed by atoms with Crippen LogP contribution in [0.15, 0.2) is 12.2 Å². The molecule has 1 N–H and O–H groups in total. The third-order valence-electron chi connectivity index (χ3n) is 1.35. The van der Waals surface area contributed by atoms with Gasteiger partial charge in [-0.25, -0.2) is 4.79 Å². The number of rotatable bonds is 6. The first-order chi connectivity index (χ1) is 6.31. The molecule has 0 aliphatic rings. The van der Waals surface area contributed by atoms with Crippen molar-refractivity contribution in [3.8, 4) is 0 Å². The van der Waals surface area contributed by atoms with Gasteiger partial charge in [-0.05, 0) is 6.42 Å². The summed E-state index contributed by atoms with van der Waals surface area (Å²) in [6.07, 6.45) is 5.12. The predicted octanol–water partition coefficient (Wildman–Crippen LogP) is 2.31. The summed E-state index contributed by atoms with van der Waals surface area (Å²) in [5.41, 5.74) is 0. The summed E-state index contributed by atoms with van der Waals surface area (Å²) < 4.78 is 4.85. The standard InChI is InChI=1S/C9H16ClNO2/c1-2-3-8-13-9(12)11-7-5-4-6-10/h4-5H,2-3,6-8H2,1H3,(H,11,12)/b5-4-. The molecule has 1 amide bonds. The quantitative estimate of drug-likeness (QED) is 0.411. The van der Waals surface area contributed by atoms with Gasteiger partial charge in [0.15, 0.2) is 0 Å². The van der Waals surface area contributed by atoms with Gasteiger partial charge < -0.3 is 10.1 Å². The van der Waals surface area contributed by atoms with Crippen LogP contribution in [-0.4, -0.2) is 25.1 Å². The van der Waals surface area contributed by atoms with E-state index in [1.807, 2.05) is 6.92 Å². The number of carbonyl (C=O) groups is 1. The normalized spacial score (nSPS) is 10.3. The highest BCUT2D eigenvalue weighted by molar-refractivity contribution is 6.18. The van der Waals surface area contributed by atoms with Crippen LogP contribution in [-0.2, 0) is 4.74 Å². The Bertz CT molecular complexity index is 160. The molecule has 0 bridgehead atoms. The number of nitrogens with one attached hydrogen (secondary N) is 1. The average molecular weight is 206 g/mol. The van der Waals surface area contributed by atoms with Crippen molar-refractivity contribution in [2.24, 2.45) is 0 Å². The first kappa shape index (κ1) is 12.3. The zero-order valence-electron chi connectivity index (χ0n) is 7.88. The lowest BCUT2D eigenvalue weighted by Gasteiger charge is -2.03. The fourth-order valence-electron chi connectivity index (χ4n) is 0.649. The fourth-order valence-corrected chi connectivity index (χ4v) is 0.775. The predicted molar refractivity (Wildman–Crippen MR) is 54.1 cm³/mol. The van der Waals surface area contributed by atoms with Crippen molar-refractivity contribution in [1.82, 2.24) is 5.32 Å². The van der Waals surface area contributed by atoms with Gasteiger partial charge in [0.1, 0.15) is 0 Å². The Morgan fingerprint density at radius 3 is 2.92 bits per heavy atom. The van der Waals surface area contributed by atoms with Gasteiger partial charge in [-0.3, -0.25) is 0 Å². The van der Waals surface area contributed by atoms with Crippen molar-refractivity contribution >= 4 is 17.7 Å². The highest BCUT2D eigenvalue weighted by Crippen LogP contribution is 1.88. The molecule has 0 heterocycles. The summed E-state index contributed by atoms with van der Waals surface area (Å²) in [5, 5.41) is 2.57. The number of amides is 1. The zero-order chi connectivity index (χ0) is 9.94. The number of ether oxygens (including phenoxy) is 1. The van der Waals surface area contributed by atoms with Crippen LogP contribution in [0.25, 0.3) is 0 Å². The van der Waals surface area contributed by atoms with Gasteiger partial charge >= 0.3 is 6.09 Å². The molecule has 76 valence electrons. The molecule has 0 unspecified atom stereocenters. The van der Waals surface area contributed by atoms with Crippen LogP contribution in [0.2, 0.25) is 0 Å². The largest absolute Gasteiger partial charge is 0.450 e. The van der Waals surface area contributed by atoms with E-state index in [-0.39, 0.29) is 6.09 Å². The van der Waals surface area contributed by atoms with Crippen LogP contribution in [0, 0.1) is 0 Å². The van der Waals surface area contributed by atoms with Gasteiger partial charge in [-0.15, -0.1) is 11.6 Å². The van der Waals surface area contributed by atoms with Crippen LogP contribution < -0.4 is 5.32 Å². The third kappa shape index (κ3) is 9.21. The minimum absolute atomic E-state index is 0.368. The summed E-state index contributed by atoms with van der Waals surface area (Å²) in [5.74, 6) is 0.465. The number of carbonyl (C=O) groups excluding carboxylic acids is 1. The molecule has 0 spiro atoms. The lowest BCUT2D eigenvalue weighted by atomic mass is 10.4. The van der Waals surface area contributed by atoms with Crippen LogP contribution in [0.4, 0.5) is 4.79 Å². The number of halogens is 1. The molecule has 0 aromatic carbocycles. The van der Waals surface area contributed by atoms with E-state index in [0.29, 0.717) is 19.0 Å². The minimum atomic E-state index is -0.368. The molecule has 0 aliphatic heterocycles. The zero-order valence-corrected chi connectivity index (χ0v) is 8.64. The van der Waals surface area contributed by atoms with Gasteiger partial charge in [-0.1, -0.05) is 25.5 Å². The van der Waals surface area contributed by atoms with E-state index in [1.165, 1.54) is 0 Å². The molecule has 0 saturated heterocycles. The van der Waals surface area contributed by atoms with Crippen molar-refractivity contribution in [2.75, 3.05) is 19.0 Å². The Morgan fingerprint density at radius 1 is 1.54 bits per heavy atom. The number of unbranched alkanes of at least 4 members (excludes halogenated alkanes) is 1. The van der Waals surface area contributed by atoms with E-state index in [0.717, 1.165) is 12.8 Å². The summed E-state index contributed by atoms with van der Waals surface area (Å²) in [4.78, 5) is 10.9. The summed E-state index contributed by atoms with van der Waals surface area (Å²) in [7, 11) is 0. The lowest BCUT2D eigenvalue weighted by molar-refractivity contribution is 0.145. The summed E-state index contributed by atoms with van der Waals surface area (Å²) in [6, 6.07) is 0. The van der Waals surface area contributed by atoms with Gasteiger partial charge in [0, 0.05) is 12.4 Å². The van der Waals surface area contributed by atoms with Crippen molar-refractivity contribution in [1.29, 1.82) is 0 Å². The monoisotopic (exact) mass is 205 g/mol. The van der Waals surface area contributed by atoms with Crippen LogP contribution in [0.5, 0.6) is 0 Å². The second kappa shape index (κ2) is 9.39. The Hall–Kier alpha value is -0.700. The van der Waals surface area contributed by atoms with Crippen molar-refractivity contribution in [2.45, 2.75) is 19.8 Å². The first-order valence-electron chi connectivity index (χ1n) is 4.42. The van der Waals surface area contributed by atoms with Crippen molar-refractivity contribution < 1.29 is 9.53 Å². The van der Waals surface area contributed by atoms with Crippen LogP contribution in [0.3, 0.4) is 0 Å². The summed E-state index contributed by atoms with van der Waals surface area (Å²) in [6.45, 7) is 3.00. The van der Waals surface area contributed by atoms with Crippen LogP contribution >= 0.6 is 11.6 Å². The molecule has 0 aromatic rings. The molecular weight excluding hydrogens is 190 g/mol. The molecule has 0 aromatic heterocycles. The van der Waals surface area contributed by atoms with E-state index >= 15 is 0 Å². The van der Waals surface area contributed by atoms with Crippen molar-refractivity contribution in [3.05, 3.63) is 12.2 Å². The van der Waals surface area contributed by atoms with Gasteiger partial charge in [0.2, 0.25) is 0 Å². The number of hydrogen-bond donors (Lipinski definition) is 1. The van der Waals surface area contributed by atoms with E-state index < -0.39 is 0 Å². The SMILES string of the molecule is CCCCOC(=O)NC/C=C\CCl. The molecule has 0 atom stereocenters. The highest BCUT2D eigenvalue weighted by Gasteiger charge is 1.97. The lowest BCUT2D eigenvalue weighted by Crippen LogP contribution is -2.24. The molecule has 0 fully saturated rings. The maximum Gasteiger partial charge on any atom is 0.407 e. The van der Waals surface area contributed by atoms with E-state index in [9.17, 15) is 4.79 Å². The number of allylic oxidation sites excluding steroid dienone is 1. The van der Waals surface area contributed by atoms with E-state index in [4.69, 9.17) is 16.3 Å².